The maximum absolute atomic E-state index is 13.0. The van der Waals surface area contributed by atoms with Crippen molar-refractivity contribution in [3.8, 4) is 28.4 Å². The Morgan fingerprint density at radius 1 is 1.03 bits per heavy atom. The van der Waals surface area contributed by atoms with Gasteiger partial charge in [0.2, 0.25) is 5.43 Å². The Hall–Kier alpha value is -3.48. The summed E-state index contributed by atoms with van der Waals surface area (Å²) in [5.74, 6) is 0.415. The lowest BCUT2D eigenvalue weighted by Crippen LogP contribution is -2.29. The van der Waals surface area contributed by atoms with Crippen LogP contribution in [0.2, 0.25) is 0 Å². The first-order chi connectivity index (χ1) is 16.0. The largest absolute Gasteiger partial charge is 0.507 e. The van der Waals surface area contributed by atoms with Crippen LogP contribution in [0, 0.1) is 0 Å². The summed E-state index contributed by atoms with van der Waals surface area (Å²) in [5.41, 5.74) is 0.790. The average Bonchev–Trinajstić information content (AvgIpc) is 2.82. The Morgan fingerprint density at radius 3 is 2.48 bits per heavy atom. The molecule has 0 aliphatic carbocycles. The highest BCUT2D eigenvalue weighted by molar-refractivity contribution is 5.88. The van der Waals surface area contributed by atoms with Gasteiger partial charge in [-0.15, -0.1) is 0 Å². The Kier molecular flexibility index (Phi) is 8.75. The number of phenols is 1. The van der Waals surface area contributed by atoms with Gasteiger partial charge in [0.05, 0.1) is 12.7 Å². The third-order valence-electron chi connectivity index (χ3n) is 5.45. The van der Waals surface area contributed by atoms with Crippen LogP contribution in [0.1, 0.15) is 45.4 Å². The van der Waals surface area contributed by atoms with E-state index in [0.717, 1.165) is 12.8 Å². The number of unbranched alkanes of at least 4 members (excludes halogenated alkanes) is 5. The molecule has 2 N–H and O–H groups in total. The van der Waals surface area contributed by atoms with Gasteiger partial charge in [-0.3, -0.25) is 9.59 Å². The second-order valence-electron chi connectivity index (χ2n) is 7.93. The van der Waals surface area contributed by atoms with E-state index >= 15 is 0 Å². The van der Waals surface area contributed by atoms with E-state index in [1.54, 1.807) is 31.4 Å². The minimum atomic E-state index is -0.359. The maximum Gasteiger partial charge on any atom is 0.257 e. The summed E-state index contributed by atoms with van der Waals surface area (Å²) in [6, 6.07) is 9.79. The summed E-state index contributed by atoms with van der Waals surface area (Å²) >= 11 is 0. The number of amides is 1. The van der Waals surface area contributed by atoms with E-state index in [-0.39, 0.29) is 40.4 Å². The van der Waals surface area contributed by atoms with Gasteiger partial charge in [-0.25, -0.2) is 0 Å². The maximum atomic E-state index is 13.0. The van der Waals surface area contributed by atoms with Crippen LogP contribution in [0.3, 0.4) is 0 Å². The minimum absolute atomic E-state index is 0.0585. The van der Waals surface area contributed by atoms with Gasteiger partial charge >= 0.3 is 0 Å². The zero-order valence-electron chi connectivity index (χ0n) is 19.2. The van der Waals surface area contributed by atoms with E-state index in [2.05, 4.69) is 12.2 Å². The number of methoxy groups -OCH3 is 1. The highest BCUT2D eigenvalue weighted by Gasteiger charge is 2.15. The molecular weight excluding hydrogens is 422 g/mol. The molecule has 3 aromatic rings. The number of phenolic OH excluding ortho intramolecular Hbond substituents is 1. The van der Waals surface area contributed by atoms with Crippen molar-refractivity contribution >= 4 is 16.9 Å². The van der Waals surface area contributed by atoms with Crippen molar-refractivity contribution in [2.75, 3.05) is 20.3 Å². The normalized spacial score (nSPS) is 10.8. The van der Waals surface area contributed by atoms with Crippen molar-refractivity contribution in [2.24, 2.45) is 0 Å². The van der Waals surface area contributed by atoms with Crippen LogP contribution in [-0.2, 0) is 4.79 Å². The molecule has 1 heterocycles. The van der Waals surface area contributed by atoms with Gasteiger partial charge in [0.1, 0.15) is 34.5 Å². The molecule has 3 rings (SSSR count). The second kappa shape index (κ2) is 11.9. The molecular formula is C26H31NO6. The number of aromatic hydroxyl groups is 1. The number of rotatable bonds is 12. The standard InChI is InChI=1S/C26H31NO6/c1-3-4-5-6-7-8-13-27-24(29)17-32-20-14-22(28)25-23(15-20)33-16-21(26(25)30)18-9-11-19(31-2)12-10-18/h9-12,14-16,28H,3-8,13,17H2,1-2H3,(H,27,29). The Morgan fingerprint density at radius 2 is 1.76 bits per heavy atom. The number of nitrogens with one attached hydrogen (secondary N) is 1. The molecule has 1 amide bonds. The second-order valence-corrected chi connectivity index (χ2v) is 7.93. The SMILES string of the molecule is CCCCCCCCNC(=O)COc1cc(O)c2c(=O)c(-c3ccc(OC)cc3)coc2c1. The molecule has 7 heteroatoms. The summed E-state index contributed by atoms with van der Waals surface area (Å²) in [6.45, 7) is 2.61. The minimum Gasteiger partial charge on any atom is -0.507 e. The fourth-order valence-electron chi connectivity index (χ4n) is 3.59. The molecule has 0 atom stereocenters. The molecule has 2 aromatic carbocycles. The lowest BCUT2D eigenvalue weighted by molar-refractivity contribution is -0.123. The topological polar surface area (TPSA) is 98.0 Å². The monoisotopic (exact) mass is 453 g/mol. The molecule has 7 nitrogen and oxygen atoms in total. The summed E-state index contributed by atoms with van der Waals surface area (Å²) < 4.78 is 16.2. The molecule has 0 fully saturated rings. The molecule has 33 heavy (non-hydrogen) atoms. The van der Waals surface area contributed by atoms with Crippen molar-refractivity contribution in [1.29, 1.82) is 0 Å². The van der Waals surface area contributed by atoms with Gasteiger partial charge in [0.25, 0.3) is 5.91 Å². The predicted octanol–water partition coefficient (Wildman–Crippen LogP) is 5.03. The Bertz CT molecular complexity index is 1120. The van der Waals surface area contributed by atoms with Crippen molar-refractivity contribution in [3.63, 3.8) is 0 Å². The van der Waals surface area contributed by atoms with Crippen molar-refractivity contribution in [2.45, 2.75) is 45.4 Å². The van der Waals surface area contributed by atoms with E-state index in [4.69, 9.17) is 13.9 Å². The van der Waals surface area contributed by atoms with E-state index in [1.165, 1.54) is 44.1 Å². The molecule has 0 saturated carbocycles. The van der Waals surface area contributed by atoms with E-state index in [9.17, 15) is 14.7 Å². The van der Waals surface area contributed by atoms with Crippen LogP contribution >= 0.6 is 0 Å². The smallest absolute Gasteiger partial charge is 0.257 e. The summed E-state index contributed by atoms with van der Waals surface area (Å²) in [4.78, 5) is 25.0. The first-order valence-corrected chi connectivity index (χ1v) is 11.4. The van der Waals surface area contributed by atoms with Crippen LogP contribution < -0.4 is 20.2 Å². The number of ether oxygens (including phenoxy) is 2. The molecule has 0 saturated heterocycles. The molecule has 176 valence electrons. The average molecular weight is 454 g/mol. The summed E-state index contributed by atoms with van der Waals surface area (Å²) in [5, 5.41) is 13.3. The van der Waals surface area contributed by atoms with E-state index in [0.29, 0.717) is 23.4 Å². The van der Waals surface area contributed by atoms with Crippen LogP contribution in [0.4, 0.5) is 0 Å². The number of carbonyl (C=O) groups excluding carboxylic acids is 1. The van der Waals surface area contributed by atoms with Gasteiger partial charge in [0.15, 0.2) is 6.61 Å². The van der Waals surface area contributed by atoms with Crippen molar-refractivity contribution < 1.29 is 23.8 Å². The van der Waals surface area contributed by atoms with Gasteiger partial charge in [-0.05, 0) is 24.1 Å². The van der Waals surface area contributed by atoms with Crippen molar-refractivity contribution in [3.05, 3.63) is 52.9 Å². The van der Waals surface area contributed by atoms with Gasteiger partial charge in [-0.1, -0.05) is 51.2 Å². The molecule has 0 aliphatic heterocycles. The van der Waals surface area contributed by atoms with E-state index in [1.807, 2.05) is 0 Å². The first kappa shape index (κ1) is 24.2. The van der Waals surface area contributed by atoms with Gasteiger partial charge in [0, 0.05) is 18.7 Å². The molecule has 1 aromatic heterocycles. The Balaban J connectivity index is 1.61. The summed E-state index contributed by atoms with van der Waals surface area (Å²) in [7, 11) is 1.57. The number of hydrogen-bond acceptors (Lipinski definition) is 6. The highest BCUT2D eigenvalue weighted by Crippen LogP contribution is 2.30. The predicted molar refractivity (Wildman–Crippen MR) is 128 cm³/mol. The summed E-state index contributed by atoms with van der Waals surface area (Å²) in [6.07, 6.45) is 8.26. The fourth-order valence-corrected chi connectivity index (χ4v) is 3.59. The molecule has 0 aliphatic rings. The van der Waals surface area contributed by atoms with Crippen LogP contribution in [0.25, 0.3) is 22.1 Å². The third-order valence-corrected chi connectivity index (χ3v) is 5.45. The van der Waals surface area contributed by atoms with E-state index < -0.39 is 0 Å². The molecule has 0 bridgehead atoms. The molecule has 0 spiro atoms. The van der Waals surface area contributed by atoms with Crippen molar-refractivity contribution in [1.82, 2.24) is 5.32 Å². The third kappa shape index (κ3) is 6.51. The zero-order valence-corrected chi connectivity index (χ0v) is 19.2. The lowest BCUT2D eigenvalue weighted by Gasteiger charge is -2.10. The van der Waals surface area contributed by atoms with Crippen LogP contribution in [0.5, 0.6) is 17.2 Å². The van der Waals surface area contributed by atoms with Crippen LogP contribution in [0.15, 0.2) is 51.9 Å². The number of hydrogen-bond donors (Lipinski definition) is 2. The lowest BCUT2D eigenvalue weighted by atomic mass is 10.0. The quantitative estimate of drug-likeness (QED) is 0.373. The highest BCUT2D eigenvalue weighted by atomic mass is 16.5. The van der Waals surface area contributed by atoms with Gasteiger partial charge in [-0.2, -0.15) is 0 Å². The fraction of sp³-hybridized carbons (Fsp3) is 0.385. The Labute approximate surface area is 193 Å². The van der Waals surface area contributed by atoms with Crippen LogP contribution in [-0.4, -0.2) is 31.3 Å². The van der Waals surface area contributed by atoms with Gasteiger partial charge < -0.3 is 24.3 Å². The number of fused-ring (bicyclic) bond motifs is 1. The zero-order chi connectivity index (χ0) is 23.6. The number of carbonyl (C=O) groups is 1. The first-order valence-electron chi connectivity index (χ1n) is 11.4. The molecule has 0 unspecified atom stereocenters. The molecule has 0 radical (unpaired) electrons. The number of benzene rings is 2.